The quantitative estimate of drug-likeness (QED) is 0.483. The molecule has 27 heavy (non-hydrogen) atoms. The van der Waals surface area contributed by atoms with Gasteiger partial charge in [0, 0.05) is 30.7 Å². The summed E-state index contributed by atoms with van der Waals surface area (Å²) in [5.74, 6) is 0.121. The van der Waals surface area contributed by atoms with E-state index in [-0.39, 0.29) is 0 Å². The Balaban J connectivity index is 2.39. The van der Waals surface area contributed by atoms with E-state index in [2.05, 4.69) is 0 Å². The molecule has 0 aliphatic heterocycles. The zero-order chi connectivity index (χ0) is 19.4. The van der Waals surface area contributed by atoms with E-state index in [0.717, 1.165) is 11.1 Å². The summed E-state index contributed by atoms with van der Waals surface area (Å²) in [7, 11) is 0. The Hall–Kier alpha value is -3.34. The molecule has 0 atom stereocenters. The zero-order valence-electron chi connectivity index (χ0n) is 15.4. The standard InChI is InChI=1S/C22H20O5/c1-4-25-20-13-19(26-14(2)23)21-17(16-9-6-5-7-10-16)11-8-12-18(21)22(20)27-15(3)24/h5-13H,4H2,1-3H3. The minimum absolute atomic E-state index is 0.313. The van der Waals surface area contributed by atoms with Crippen LogP contribution in [0.25, 0.3) is 21.9 Å². The molecule has 3 rings (SSSR count). The maximum absolute atomic E-state index is 11.7. The number of fused-ring (bicyclic) bond motifs is 1. The van der Waals surface area contributed by atoms with E-state index in [9.17, 15) is 9.59 Å². The molecule has 0 bridgehead atoms. The minimum atomic E-state index is -0.456. The number of carbonyl (C=O) groups is 2. The van der Waals surface area contributed by atoms with Gasteiger partial charge in [-0.3, -0.25) is 9.59 Å². The fraction of sp³-hybridized carbons (Fsp3) is 0.182. The molecule has 3 aromatic rings. The van der Waals surface area contributed by atoms with Gasteiger partial charge < -0.3 is 14.2 Å². The van der Waals surface area contributed by atoms with Gasteiger partial charge in [0.15, 0.2) is 11.5 Å². The van der Waals surface area contributed by atoms with Crippen molar-refractivity contribution in [3.8, 4) is 28.4 Å². The predicted octanol–water partition coefficient (Wildman–Crippen LogP) is 4.76. The van der Waals surface area contributed by atoms with Crippen LogP contribution in [0.15, 0.2) is 54.6 Å². The van der Waals surface area contributed by atoms with Crippen molar-refractivity contribution in [2.24, 2.45) is 0 Å². The summed E-state index contributed by atoms with van der Waals surface area (Å²) >= 11 is 0. The number of benzene rings is 3. The first-order chi connectivity index (χ1) is 13.0. The maximum Gasteiger partial charge on any atom is 0.308 e. The van der Waals surface area contributed by atoms with E-state index in [1.54, 1.807) is 6.07 Å². The van der Waals surface area contributed by atoms with Crippen molar-refractivity contribution >= 4 is 22.7 Å². The smallest absolute Gasteiger partial charge is 0.308 e. The van der Waals surface area contributed by atoms with Crippen LogP contribution in [-0.2, 0) is 9.59 Å². The van der Waals surface area contributed by atoms with Crippen molar-refractivity contribution in [3.05, 3.63) is 54.6 Å². The third kappa shape index (κ3) is 3.92. The van der Waals surface area contributed by atoms with Crippen LogP contribution < -0.4 is 14.2 Å². The fourth-order valence-corrected chi connectivity index (χ4v) is 3.00. The summed E-state index contributed by atoms with van der Waals surface area (Å²) in [4.78, 5) is 23.4. The molecule has 0 heterocycles. The van der Waals surface area contributed by atoms with Gasteiger partial charge in [-0.05, 0) is 18.1 Å². The number of esters is 2. The molecular weight excluding hydrogens is 344 g/mol. The van der Waals surface area contributed by atoms with E-state index in [4.69, 9.17) is 14.2 Å². The van der Waals surface area contributed by atoms with Crippen LogP contribution in [0.4, 0.5) is 0 Å². The Morgan fingerprint density at radius 1 is 0.852 bits per heavy atom. The summed E-state index contributed by atoms with van der Waals surface area (Å²) in [6.07, 6.45) is 0. The van der Waals surface area contributed by atoms with Gasteiger partial charge in [-0.15, -0.1) is 0 Å². The van der Waals surface area contributed by atoms with Crippen LogP contribution in [-0.4, -0.2) is 18.5 Å². The third-order valence-electron chi connectivity index (χ3n) is 3.93. The summed E-state index contributed by atoms with van der Waals surface area (Å²) in [5.41, 5.74) is 1.82. The van der Waals surface area contributed by atoms with Crippen molar-refractivity contribution in [2.45, 2.75) is 20.8 Å². The monoisotopic (exact) mass is 364 g/mol. The number of carbonyl (C=O) groups excluding carboxylic acids is 2. The van der Waals surface area contributed by atoms with Gasteiger partial charge in [0.25, 0.3) is 0 Å². The Morgan fingerprint density at radius 3 is 2.19 bits per heavy atom. The molecule has 0 fully saturated rings. The van der Waals surface area contributed by atoms with Crippen molar-refractivity contribution in [2.75, 3.05) is 6.61 Å². The van der Waals surface area contributed by atoms with E-state index in [1.165, 1.54) is 13.8 Å². The first-order valence-corrected chi connectivity index (χ1v) is 8.66. The number of rotatable bonds is 5. The molecule has 5 nitrogen and oxygen atoms in total. The SMILES string of the molecule is CCOc1cc(OC(C)=O)c2c(-c3ccccc3)cccc2c1OC(C)=O. The van der Waals surface area contributed by atoms with Gasteiger partial charge in [0.1, 0.15) is 5.75 Å². The minimum Gasteiger partial charge on any atom is -0.490 e. The normalized spacial score (nSPS) is 10.5. The lowest BCUT2D eigenvalue weighted by molar-refractivity contribution is -0.133. The molecule has 0 radical (unpaired) electrons. The molecule has 5 heteroatoms. The van der Waals surface area contributed by atoms with Gasteiger partial charge >= 0.3 is 11.9 Å². The highest BCUT2D eigenvalue weighted by Crippen LogP contribution is 2.45. The van der Waals surface area contributed by atoms with Gasteiger partial charge in [-0.2, -0.15) is 0 Å². The average Bonchev–Trinajstić information content (AvgIpc) is 2.64. The number of hydrogen-bond donors (Lipinski definition) is 0. The summed E-state index contributed by atoms with van der Waals surface area (Å²) < 4.78 is 16.6. The fourth-order valence-electron chi connectivity index (χ4n) is 3.00. The lowest BCUT2D eigenvalue weighted by Gasteiger charge is -2.18. The zero-order valence-corrected chi connectivity index (χ0v) is 15.4. The second-order valence-electron chi connectivity index (χ2n) is 5.92. The molecule has 138 valence electrons. The highest BCUT2D eigenvalue weighted by molar-refractivity contribution is 6.06. The van der Waals surface area contributed by atoms with Crippen LogP contribution in [0.1, 0.15) is 20.8 Å². The molecule has 0 amide bonds. The van der Waals surface area contributed by atoms with E-state index < -0.39 is 11.9 Å². The van der Waals surface area contributed by atoms with Crippen LogP contribution in [0, 0.1) is 0 Å². The second-order valence-corrected chi connectivity index (χ2v) is 5.92. The van der Waals surface area contributed by atoms with Gasteiger partial charge in [0.05, 0.1) is 6.61 Å². The van der Waals surface area contributed by atoms with E-state index in [1.807, 2.05) is 55.5 Å². The maximum atomic E-state index is 11.7. The topological polar surface area (TPSA) is 61.8 Å². The molecule has 0 saturated carbocycles. The third-order valence-corrected chi connectivity index (χ3v) is 3.93. The first-order valence-electron chi connectivity index (χ1n) is 8.66. The van der Waals surface area contributed by atoms with Crippen molar-refractivity contribution in [3.63, 3.8) is 0 Å². The highest BCUT2D eigenvalue weighted by Gasteiger charge is 2.20. The summed E-state index contributed by atoms with van der Waals surface area (Å²) in [6, 6.07) is 16.9. The summed E-state index contributed by atoms with van der Waals surface area (Å²) in [5, 5.41) is 1.31. The van der Waals surface area contributed by atoms with Crippen LogP contribution in [0.2, 0.25) is 0 Å². The van der Waals surface area contributed by atoms with Crippen molar-refractivity contribution in [1.82, 2.24) is 0 Å². The van der Waals surface area contributed by atoms with Gasteiger partial charge in [-0.25, -0.2) is 0 Å². The van der Waals surface area contributed by atoms with Crippen molar-refractivity contribution < 1.29 is 23.8 Å². The average molecular weight is 364 g/mol. The molecule has 0 spiro atoms. The molecule has 0 aliphatic rings. The van der Waals surface area contributed by atoms with Crippen LogP contribution >= 0.6 is 0 Å². The molecular formula is C22H20O5. The van der Waals surface area contributed by atoms with Crippen molar-refractivity contribution in [1.29, 1.82) is 0 Å². The lowest BCUT2D eigenvalue weighted by Crippen LogP contribution is -2.07. The highest BCUT2D eigenvalue weighted by atomic mass is 16.6. The molecule has 0 saturated heterocycles. The number of ether oxygens (including phenoxy) is 3. The Morgan fingerprint density at radius 2 is 1.56 bits per heavy atom. The molecule has 0 N–H and O–H groups in total. The van der Waals surface area contributed by atoms with Crippen LogP contribution in [0.3, 0.4) is 0 Å². The van der Waals surface area contributed by atoms with Crippen LogP contribution in [0.5, 0.6) is 17.2 Å². The molecule has 3 aromatic carbocycles. The second kappa shape index (κ2) is 7.91. The van der Waals surface area contributed by atoms with E-state index >= 15 is 0 Å². The molecule has 0 aromatic heterocycles. The predicted molar refractivity (Wildman–Crippen MR) is 103 cm³/mol. The van der Waals surface area contributed by atoms with E-state index in [0.29, 0.717) is 34.6 Å². The number of hydrogen-bond acceptors (Lipinski definition) is 5. The lowest BCUT2D eigenvalue weighted by atomic mass is 9.96. The Kier molecular flexibility index (Phi) is 5.41. The Labute approximate surface area is 157 Å². The van der Waals surface area contributed by atoms with Gasteiger partial charge in [-0.1, -0.05) is 48.5 Å². The largest absolute Gasteiger partial charge is 0.490 e. The Bertz CT molecular complexity index is 993. The molecule has 0 aliphatic carbocycles. The van der Waals surface area contributed by atoms with Gasteiger partial charge in [0.2, 0.25) is 0 Å². The summed E-state index contributed by atoms with van der Waals surface area (Å²) in [6.45, 7) is 4.88. The molecule has 0 unspecified atom stereocenters. The first kappa shape index (κ1) is 18.5.